The molecular formula is C17H21NO3. The topological polar surface area (TPSA) is 55.7 Å². The first kappa shape index (κ1) is 15.4. The fourth-order valence-corrected chi connectivity index (χ4v) is 2.77. The van der Waals surface area contributed by atoms with E-state index in [9.17, 15) is 9.59 Å². The Balaban J connectivity index is 2.16. The van der Waals surface area contributed by atoms with E-state index in [4.69, 9.17) is 4.84 Å². The molecule has 1 fully saturated rings. The molecule has 0 unspecified atom stereocenters. The Hall–Kier alpha value is -1.97. The average Bonchev–Trinajstić information content (AvgIpc) is 2.50. The highest BCUT2D eigenvalue weighted by Gasteiger charge is 2.38. The lowest BCUT2D eigenvalue weighted by Gasteiger charge is -2.27. The predicted octanol–water partition coefficient (Wildman–Crippen LogP) is 3.12. The highest BCUT2D eigenvalue weighted by Crippen LogP contribution is 2.32. The molecule has 0 aliphatic heterocycles. The van der Waals surface area contributed by atoms with Gasteiger partial charge >= 0.3 is 0 Å². The van der Waals surface area contributed by atoms with Gasteiger partial charge < -0.3 is 4.84 Å². The van der Waals surface area contributed by atoms with Crippen LogP contribution in [-0.2, 0) is 14.4 Å². The monoisotopic (exact) mass is 287 g/mol. The van der Waals surface area contributed by atoms with Crippen LogP contribution in [0.25, 0.3) is 0 Å². The van der Waals surface area contributed by atoms with Crippen molar-refractivity contribution in [2.45, 2.75) is 39.0 Å². The van der Waals surface area contributed by atoms with E-state index in [1.54, 1.807) is 0 Å². The van der Waals surface area contributed by atoms with Gasteiger partial charge in [0.25, 0.3) is 0 Å². The quantitative estimate of drug-likeness (QED) is 0.475. The van der Waals surface area contributed by atoms with Crippen molar-refractivity contribution in [1.82, 2.24) is 0 Å². The minimum atomic E-state index is -0.707. The molecule has 0 amide bonds. The Bertz CT molecular complexity index is 518. The molecule has 0 spiro atoms. The lowest BCUT2D eigenvalue weighted by Crippen LogP contribution is -2.38. The van der Waals surface area contributed by atoms with Crippen LogP contribution in [0.3, 0.4) is 0 Å². The maximum Gasteiger partial charge on any atom is 0.149 e. The second kappa shape index (κ2) is 7.16. The van der Waals surface area contributed by atoms with Crippen LogP contribution in [0.2, 0.25) is 0 Å². The smallest absolute Gasteiger partial charge is 0.149 e. The van der Waals surface area contributed by atoms with Gasteiger partial charge in [-0.1, -0.05) is 42.4 Å². The molecule has 0 N–H and O–H groups in total. The van der Waals surface area contributed by atoms with Crippen molar-refractivity contribution in [3.05, 3.63) is 35.9 Å². The highest BCUT2D eigenvalue weighted by atomic mass is 16.6. The standard InChI is InChI=1S/C17H21NO3/c1-3-14(18-21-4-2)17-15(19)10-13(11-16(17)20)12-8-6-5-7-9-12/h5-9,13,17H,3-4,10-11H2,1-2H3. The molecule has 1 aliphatic carbocycles. The molecule has 0 atom stereocenters. The van der Waals surface area contributed by atoms with E-state index in [0.717, 1.165) is 5.56 Å². The lowest BCUT2D eigenvalue weighted by molar-refractivity contribution is -0.133. The molecule has 4 heteroatoms. The predicted molar refractivity (Wildman–Crippen MR) is 81.3 cm³/mol. The number of carbonyl (C=O) groups is 2. The number of carbonyl (C=O) groups excluding carboxylic acids is 2. The fourth-order valence-electron chi connectivity index (χ4n) is 2.77. The second-order valence-corrected chi connectivity index (χ2v) is 5.24. The number of nitrogens with zero attached hydrogens (tertiary/aromatic N) is 1. The van der Waals surface area contributed by atoms with Crippen LogP contribution in [-0.4, -0.2) is 23.9 Å². The van der Waals surface area contributed by atoms with Gasteiger partial charge in [-0.2, -0.15) is 0 Å². The van der Waals surface area contributed by atoms with Crippen molar-refractivity contribution in [3.63, 3.8) is 0 Å². The molecular weight excluding hydrogens is 266 g/mol. The average molecular weight is 287 g/mol. The van der Waals surface area contributed by atoms with Crippen molar-refractivity contribution in [2.24, 2.45) is 11.1 Å². The van der Waals surface area contributed by atoms with E-state index in [1.807, 2.05) is 44.2 Å². The summed E-state index contributed by atoms with van der Waals surface area (Å²) in [6, 6.07) is 9.75. The van der Waals surface area contributed by atoms with Gasteiger partial charge in [0.2, 0.25) is 0 Å². The molecule has 1 saturated carbocycles. The third kappa shape index (κ3) is 3.57. The third-order valence-electron chi connectivity index (χ3n) is 3.82. The van der Waals surface area contributed by atoms with Crippen LogP contribution in [0.5, 0.6) is 0 Å². The van der Waals surface area contributed by atoms with Gasteiger partial charge in [0.1, 0.15) is 24.1 Å². The minimum Gasteiger partial charge on any atom is -0.396 e. The number of hydrogen-bond acceptors (Lipinski definition) is 4. The molecule has 21 heavy (non-hydrogen) atoms. The Kier molecular flexibility index (Phi) is 5.26. The Morgan fingerprint density at radius 1 is 1.14 bits per heavy atom. The van der Waals surface area contributed by atoms with E-state index in [1.165, 1.54) is 0 Å². The molecule has 0 bridgehead atoms. The van der Waals surface area contributed by atoms with Crippen LogP contribution in [0.15, 0.2) is 35.5 Å². The van der Waals surface area contributed by atoms with Crippen molar-refractivity contribution in [1.29, 1.82) is 0 Å². The summed E-state index contributed by atoms with van der Waals surface area (Å²) in [5, 5.41) is 3.96. The Labute approximate surface area is 125 Å². The molecule has 0 saturated heterocycles. The summed E-state index contributed by atoms with van der Waals surface area (Å²) in [6.07, 6.45) is 1.34. The molecule has 1 aromatic carbocycles. The van der Waals surface area contributed by atoms with Crippen molar-refractivity contribution in [3.8, 4) is 0 Å². The maximum atomic E-state index is 12.4. The molecule has 1 aromatic rings. The number of oxime groups is 1. The molecule has 0 radical (unpaired) electrons. The largest absolute Gasteiger partial charge is 0.396 e. The zero-order valence-corrected chi connectivity index (χ0v) is 12.5. The lowest BCUT2D eigenvalue weighted by atomic mass is 9.75. The van der Waals surface area contributed by atoms with E-state index in [2.05, 4.69) is 5.16 Å². The minimum absolute atomic E-state index is 0.00681. The summed E-state index contributed by atoms with van der Waals surface area (Å²) < 4.78 is 0. The second-order valence-electron chi connectivity index (χ2n) is 5.24. The van der Waals surface area contributed by atoms with Crippen LogP contribution in [0, 0.1) is 5.92 Å². The van der Waals surface area contributed by atoms with Gasteiger partial charge in [0.15, 0.2) is 0 Å². The van der Waals surface area contributed by atoms with Crippen molar-refractivity contribution >= 4 is 17.3 Å². The van der Waals surface area contributed by atoms with Gasteiger partial charge in [-0.05, 0) is 24.8 Å². The summed E-state index contributed by atoms with van der Waals surface area (Å²) in [4.78, 5) is 29.8. The highest BCUT2D eigenvalue weighted by molar-refractivity contribution is 6.22. The zero-order chi connectivity index (χ0) is 15.2. The summed E-state index contributed by atoms with van der Waals surface area (Å²) in [6.45, 7) is 4.15. The number of hydrogen-bond donors (Lipinski definition) is 0. The number of rotatable bonds is 5. The van der Waals surface area contributed by atoms with Crippen molar-refractivity contribution < 1.29 is 14.4 Å². The van der Waals surface area contributed by atoms with Crippen LogP contribution >= 0.6 is 0 Å². The van der Waals surface area contributed by atoms with E-state index in [0.29, 0.717) is 31.6 Å². The molecule has 2 rings (SSSR count). The number of benzene rings is 1. The maximum absolute atomic E-state index is 12.4. The molecule has 4 nitrogen and oxygen atoms in total. The summed E-state index contributed by atoms with van der Waals surface area (Å²) in [7, 11) is 0. The number of Topliss-reactive ketones (excluding diaryl/α,β-unsaturated/α-hetero) is 2. The number of ketones is 2. The third-order valence-corrected chi connectivity index (χ3v) is 3.82. The first-order valence-corrected chi connectivity index (χ1v) is 7.46. The Morgan fingerprint density at radius 3 is 2.29 bits per heavy atom. The Morgan fingerprint density at radius 2 is 1.76 bits per heavy atom. The van der Waals surface area contributed by atoms with E-state index in [-0.39, 0.29) is 17.5 Å². The fraction of sp³-hybridized carbons (Fsp3) is 0.471. The van der Waals surface area contributed by atoms with Crippen LogP contribution in [0.4, 0.5) is 0 Å². The van der Waals surface area contributed by atoms with Gasteiger partial charge in [0, 0.05) is 12.8 Å². The molecule has 1 aliphatic rings. The van der Waals surface area contributed by atoms with Crippen LogP contribution < -0.4 is 0 Å². The van der Waals surface area contributed by atoms with Gasteiger partial charge in [0.05, 0.1) is 5.71 Å². The van der Waals surface area contributed by atoms with Gasteiger partial charge in [-0.3, -0.25) is 9.59 Å². The SMILES string of the molecule is CCON=C(CC)C1C(=O)CC(c2ccccc2)CC1=O. The van der Waals surface area contributed by atoms with Gasteiger partial charge in [-0.15, -0.1) is 0 Å². The first-order valence-electron chi connectivity index (χ1n) is 7.46. The van der Waals surface area contributed by atoms with E-state index < -0.39 is 5.92 Å². The van der Waals surface area contributed by atoms with Crippen molar-refractivity contribution in [2.75, 3.05) is 6.61 Å². The molecule has 0 heterocycles. The normalized spacial score (nSPS) is 23.2. The first-order chi connectivity index (χ1) is 10.2. The van der Waals surface area contributed by atoms with Gasteiger partial charge in [-0.25, -0.2) is 0 Å². The summed E-state index contributed by atoms with van der Waals surface area (Å²) in [5.41, 5.74) is 1.61. The molecule has 112 valence electrons. The molecule has 0 aromatic heterocycles. The summed E-state index contributed by atoms with van der Waals surface area (Å²) in [5.74, 6) is -0.796. The zero-order valence-electron chi connectivity index (χ0n) is 12.5. The van der Waals surface area contributed by atoms with E-state index >= 15 is 0 Å². The summed E-state index contributed by atoms with van der Waals surface area (Å²) >= 11 is 0. The van der Waals surface area contributed by atoms with Crippen LogP contribution in [0.1, 0.15) is 44.6 Å².